The van der Waals surface area contributed by atoms with Gasteiger partial charge in [-0.3, -0.25) is 4.79 Å². The molecule has 0 aromatic heterocycles. The first-order valence-electron chi connectivity index (χ1n) is 8.73. The van der Waals surface area contributed by atoms with E-state index in [2.05, 4.69) is 12.2 Å². The Kier molecular flexibility index (Phi) is 6.53. The fourth-order valence-electron chi connectivity index (χ4n) is 2.81. The molecule has 6 heteroatoms. The second-order valence-electron chi connectivity index (χ2n) is 6.07. The van der Waals surface area contributed by atoms with Crippen molar-refractivity contribution in [2.75, 3.05) is 7.11 Å². The van der Waals surface area contributed by atoms with Gasteiger partial charge in [0.15, 0.2) is 0 Å². The molecule has 1 fully saturated rings. The summed E-state index contributed by atoms with van der Waals surface area (Å²) >= 11 is 6.29. The van der Waals surface area contributed by atoms with Crippen LogP contribution < -0.4 is 14.8 Å². The Morgan fingerprint density at radius 2 is 1.89 bits per heavy atom. The number of thioether (sulfide) groups is 1. The molecule has 3 rings (SSSR count). The van der Waals surface area contributed by atoms with Gasteiger partial charge in [0.1, 0.15) is 22.4 Å². The summed E-state index contributed by atoms with van der Waals surface area (Å²) in [5.41, 5.74) is 3.11. The Morgan fingerprint density at radius 3 is 2.52 bits per heavy atom. The van der Waals surface area contributed by atoms with E-state index in [0.29, 0.717) is 15.8 Å². The monoisotopic (exact) mass is 399 g/mol. The third kappa shape index (κ3) is 4.90. The highest BCUT2D eigenvalue weighted by atomic mass is 32.2. The third-order valence-electron chi connectivity index (χ3n) is 4.12. The van der Waals surface area contributed by atoms with Gasteiger partial charge in [-0.25, -0.2) is 0 Å². The van der Waals surface area contributed by atoms with E-state index in [1.165, 1.54) is 11.8 Å². The molecule has 1 amide bonds. The Hall–Kier alpha value is -2.31. The van der Waals surface area contributed by atoms with Crippen LogP contribution in [0, 0.1) is 0 Å². The van der Waals surface area contributed by atoms with Gasteiger partial charge in [0, 0.05) is 5.56 Å². The number of hydrogen-bond acceptors (Lipinski definition) is 5. The SMILES string of the molecule is CCCc1c(OC)cccc1OCc1ccc(/C=C2\SC(=S)NC2=O)cc1. The smallest absolute Gasteiger partial charge is 0.263 e. The van der Waals surface area contributed by atoms with Crippen molar-refractivity contribution in [3.05, 3.63) is 64.1 Å². The molecular formula is C21H21NO3S2. The third-order valence-corrected chi connectivity index (χ3v) is 5.29. The molecule has 0 bridgehead atoms. The first kappa shape index (κ1) is 19.5. The van der Waals surface area contributed by atoms with E-state index < -0.39 is 0 Å². The topological polar surface area (TPSA) is 47.6 Å². The van der Waals surface area contributed by atoms with Crippen molar-refractivity contribution in [1.29, 1.82) is 0 Å². The molecule has 0 spiro atoms. The molecule has 2 aromatic rings. The number of carbonyl (C=O) groups is 1. The van der Waals surface area contributed by atoms with Crippen molar-refractivity contribution in [2.24, 2.45) is 0 Å². The molecule has 1 saturated heterocycles. The van der Waals surface area contributed by atoms with Crippen molar-refractivity contribution in [3.63, 3.8) is 0 Å². The van der Waals surface area contributed by atoms with Gasteiger partial charge in [-0.2, -0.15) is 0 Å². The Bertz CT molecular complexity index is 875. The highest BCUT2D eigenvalue weighted by Crippen LogP contribution is 2.30. The Labute approximate surface area is 168 Å². The average Bonchev–Trinajstić information content (AvgIpc) is 2.99. The van der Waals surface area contributed by atoms with Crippen LogP contribution in [-0.4, -0.2) is 17.3 Å². The van der Waals surface area contributed by atoms with Crippen molar-refractivity contribution in [1.82, 2.24) is 5.32 Å². The lowest BCUT2D eigenvalue weighted by molar-refractivity contribution is -0.115. The predicted molar refractivity (Wildman–Crippen MR) is 114 cm³/mol. The zero-order chi connectivity index (χ0) is 19.2. The molecule has 0 atom stereocenters. The molecule has 2 aromatic carbocycles. The van der Waals surface area contributed by atoms with E-state index >= 15 is 0 Å². The zero-order valence-corrected chi connectivity index (χ0v) is 16.9. The fourth-order valence-corrected chi connectivity index (χ4v) is 3.86. The Balaban J connectivity index is 1.68. The molecule has 140 valence electrons. The maximum atomic E-state index is 11.7. The van der Waals surface area contributed by atoms with Gasteiger partial charge < -0.3 is 14.8 Å². The summed E-state index contributed by atoms with van der Waals surface area (Å²) in [4.78, 5) is 12.4. The zero-order valence-electron chi connectivity index (χ0n) is 15.3. The first-order valence-corrected chi connectivity index (χ1v) is 9.95. The van der Waals surface area contributed by atoms with Crippen LogP contribution in [0.15, 0.2) is 47.4 Å². The van der Waals surface area contributed by atoms with Crippen LogP contribution >= 0.6 is 24.0 Å². The first-order chi connectivity index (χ1) is 13.1. The average molecular weight is 400 g/mol. The van der Waals surface area contributed by atoms with E-state index in [9.17, 15) is 4.79 Å². The number of amides is 1. The number of benzene rings is 2. The molecule has 1 aliphatic heterocycles. The van der Waals surface area contributed by atoms with Crippen LogP contribution in [0.5, 0.6) is 11.5 Å². The van der Waals surface area contributed by atoms with E-state index in [4.69, 9.17) is 21.7 Å². The molecule has 0 radical (unpaired) electrons. The van der Waals surface area contributed by atoms with E-state index in [1.807, 2.05) is 48.5 Å². The van der Waals surface area contributed by atoms with E-state index in [-0.39, 0.29) is 5.91 Å². The summed E-state index contributed by atoms with van der Waals surface area (Å²) in [6.07, 6.45) is 3.77. The lowest BCUT2D eigenvalue weighted by atomic mass is 10.1. The van der Waals surface area contributed by atoms with Gasteiger partial charge >= 0.3 is 0 Å². The van der Waals surface area contributed by atoms with Crippen LogP contribution in [0.4, 0.5) is 0 Å². The fraction of sp³-hybridized carbons (Fsp3) is 0.238. The second-order valence-corrected chi connectivity index (χ2v) is 7.79. The van der Waals surface area contributed by atoms with Gasteiger partial charge in [-0.15, -0.1) is 0 Å². The lowest BCUT2D eigenvalue weighted by Crippen LogP contribution is -2.17. The number of rotatable bonds is 7. The number of hydrogen-bond donors (Lipinski definition) is 1. The molecule has 27 heavy (non-hydrogen) atoms. The number of carbonyl (C=O) groups excluding carboxylic acids is 1. The van der Waals surface area contributed by atoms with Crippen molar-refractivity contribution < 1.29 is 14.3 Å². The van der Waals surface area contributed by atoms with E-state index in [1.54, 1.807) is 7.11 Å². The molecule has 0 aliphatic carbocycles. The van der Waals surface area contributed by atoms with Gasteiger partial charge in [-0.1, -0.05) is 67.7 Å². The molecule has 1 N–H and O–H groups in total. The van der Waals surface area contributed by atoms with Crippen molar-refractivity contribution in [3.8, 4) is 11.5 Å². The van der Waals surface area contributed by atoms with Crippen LogP contribution in [0.1, 0.15) is 30.0 Å². The minimum absolute atomic E-state index is 0.140. The summed E-state index contributed by atoms with van der Waals surface area (Å²) in [5.74, 6) is 1.58. The summed E-state index contributed by atoms with van der Waals surface area (Å²) < 4.78 is 12.0. The quantitative estimate of drug-likeness (QED) is 0.539. The maximum absolute atomic E-state index is 11.7. The maximum Gasteiger partial charge on any atom is 0.263 e. The van der Waals surface area contributed by atoms with Gasteiger partial charge in [-0.05, 0) is 35.8 Å². The van der Waals surface area contributed by atoms with Crippen LogP contribution in [0.25, 0.3) is 6.08 Å². The van der Waals surface area contributed by atoms with Crippen LogP contribution in [-0.2, 0) is 17.8 Å². The van der Waals surface area contributed by atoms with Crippen molar-refractivity contribution in [2.45, 2.75) is 26.4 Å². The highest BCUT2D eigenvalue weighted by molar-refractivity contribution is 8.26. The van der Waals surface area contributed by atoms with Gasteiger partial charge in [0.05, 0.1) is 12.0 Å². The number of ether oxygens (including phenoxy) is 2. The number of methoxy groups -OCH3 is 1. The summed E-state index contributed by atoms with van der Waals surface area (Å²) in [6, 6.07) is 13.8. The van der Waals surface area contributed by atoms with Gasteiger partial charge in [0.25, 0.3) is 5.91 Å². The number of thiocarbonyl (C=S) groups is 1. The molecule has 4 nitrogen and oxygen atoms in total. The van der Waals surface area contributed by atoms with E-state index in [0.717, 1.165) is 41.0 Å². The molecule has 1 heterocycles. The van der Waals surface area contributed by atoms with Crippen molar-refractivity contribution >= 4 is 40.3 Å². The summed E-state index contributed by atoms with van der Waals surface area (Å²) in [6.45, 7) is 2.61. The van der Waals surface area contributed by atoms with Crippen LogP contribution in [0.3, 0.4) is 0 Å². The highest BCUT2D eigenvalue weighted by Gasteiger charge is 2.21. The molecule has 0 unspecified atom stereocenters. The largest absolute Gasteiger partial charge is 0.496 e. The molecule has 1 aliphatic rings. The molecular weight excluding hydrogens is 378 g/mol. The van der Waals surface area contributed by atoms with Crippen LogP contribution in [0.2, 0.25) is 0 Å². The minimum Gasteiger partial charge on any atom is -0.496 e. The standard InChI is InChI=1S/C21H21NO3S2/c1-3-5-16-17(24-2)6-4-7-18(16)25-13-15-10-8-14(9-11-15)12-19-20(23)22-21(26)27-19/h4,6-12H,3,5,13H2,1-2H3,(H,22,23,26)/b19-12-. The Morgan fingerprint density at radius 1 is 1.15 bits per heavy atom. The van der Waals surface area contributed by atoms with Gasteiger partial charge in [0.2, 0.25) is 0 Å². The number of nitrogens with one attached hydrogen (secondary N) is 1. The summed E-state index contributed by atoms with van der Waals surface area (Å²) in [5, 5.41) is 2.62. The normalized spacial score (nSPS) is 15.1. The summed E-state index contributed by atoms with van der Waals surface area (Å²) in [7, 11) is 1.68. The molecule has 0 saturated carbocycles. The minimum atomic E-state index is -0.140. The lowest BCUT2D eigenvalue weighted by Gasteiger charge is -2.14. The predicted octanol–water partition coefficient (Wildman–Crippen LogP) is 4.72. The second kappa shape index (κ2) is 9.06.